The monoisotopic (exact) mass is 207 g/mol. The Hall–Kier alpha value is -1.67. The van der Waals surface area contributed by atoms with Crippen LogP contribution in [0.3, 0.4) is 0 Å². The van der Waals surface area contributed by atoms with Crippen LogP contribution in [-0.4, -0.2) is 31.8 Å². The molecule has 0 bridgehead atoms. The third-order valence-electron chi connectivity index (χ3n) is 2.24. The molecule has 0 aromatic rings. The van der Waals surface area contributed by atoms with E-state index in [0.29, 0.717) is 31.5 Å². The number of ether oxygens (including phenoxy) is 1. The zero-order chi connectivity index (χ0) is 11.1. The summed E-state index contributed by atoms with van der Waals surface area (Å²) < 4.78 is 5.21. The summed E-state index contributed by atoms with van der Waals surface area (Å²) in [6.07, 6.45) is 3.87. The van der Waals surface area contributed by atoms with Crippen molar-refractivity contribution >= 4 is 12.5 Å². The molecule has 0 radical (unpaired) electrons. The minimum atomic E-state index is -0.196. The van der Waals surface area contributed by atoms with Crippen LogP contribution in [-0.2, 0) is 9.53 Å². The molecule has 1 rings (SSSR count). The van der Waals surface area contributed by atoms with Crippen molar-refractivity contribution in [2.24, 2.45) is 16.6 Å². The Labute approximate surface area is 88.2 Å². The molecule has 0 aromatic heterocycles. The van der Waals surface area contributed by atoms with E-state index < -0.39 is 0 Å². The maximum atomic E-state index is 10.4. The second kappa shape index (κ2) is 5.94. The van der Waals surface area contributed by atoms with Gasteiger partial charge in [0.05, 0.1) is 24.6 Å². The van der Waals surface area contributed by atoms with Gasteiger partial charge in [-0.25, -0.2) is 0 Å². The number of hydrogen-bond acceptors (Lipinski definition) is 5. The number of carbonyl (C=O) groups is 1. The van der Waals surface area contributed by atoms with Gasteiger partial charge in [-0.3, -0.25) is 9.79 Å². The first-order chi connectivity index (χ1) is 7.31. The first-order valence-corrected chi connectivity index (χ1v) is 4.69. The molecule has 80 valence electrons. The van der Waals surface area contributed by atoms with Gasteiger partial charge < -0.3 is 10.5 Å². The van der Waals surface area contributed by atoms with E-state index in [-0.39, 0.29) is 12.0 Å². The van der Waals surface area contributed by atoms with Gasteiger partial charge in [0.15, 0.2) is 6.29 Å². The van der Waals surface area contributed by atoms with Crippen LogP contribution < -0.4 is 5.73 Å². The normalized spacial score (nSPS) is 27.5. The molecule has 0 aromatic carbocycles. The van der Waals surface area contributed by atoms with Crippen LogP contribution in [0.2, 0.25) is 0 Å². The summed E-state index contributed by atoms with van der Waals surface area (Å²) >= 11 is 0. The number of nitrogens with two attached hydrogens (primary N) is 1. The molecule has 0 spiro atoms. The third kappa shape index (κ3) is 3.18. The lowest BCUT2D eigenvalue weighted by Crippen LogP contribution is -2.30. The van der Waals surface area contributed by atoms with Crippen LogP contribution in [0, 0.1) is 17.2 Å². The second-order valence-corrected chi connectivity index (χ2v) is 3.23. The summed E-state index contributed by atoms with van der Waals surface area (Å²) in [4.78, 5) is 14.5. The molecular weight excluding hydrogens is 194 g/mol. The van der Waals surface area contributed by atoms with Crippen molar-refractivity contribution in [2.45, 2.75) is 12.5 Å². The number of nitriles is 1. The van der Waals surface area contributed by atoms with Crippen molar-refractivity contribution < 1.29 is 9.53 Å². The molecule has 5 nitrogen and oxygen atoms in total. The first-order valence-electron chi connectivity index (χ1n) is 4.69. The lowest BCUT2D eigenvalue weighted by atomic mass is 9.97. The molecule has 0 saturated carbocycles. The SMILES string of the molecule is N#CC1CCOCC1N=CC(C=O)=CN. The largest absolute Gasteiger partial charge is 0.404 e. The average Bonchev–Trinajstić information content (AvgIpc) is 2.31. The summed E-state index contributed by atoms with van der Waals surface area (Å²) in [6, 6.07) is 1.99. The highest BCUT2D eigenvalue weighted by Crippen LogP contribution is 2.17. The molecule has 0 amide bonds. The minimum absolute atomic E-state index is 0.138. The van der Waals surface area contributed by atoms with Crippen LogP contribution in [0.25, 0.3) is 0 Å². The molecule has 2 N–H and O–H groups in total. The van der Waals surface area contributed by atoms with Crippen LogP contribution in [0.4, 0.5) is 0 Å². The van der Waals surface area contributed by atoms with Gasteiger partial charge in [-0.15, -0.1) is 0 Å². The molecular formula is C10H13N3O2. The standard InChI is InChI=1S/C10H13N3O2/c11-3-8(6-14)5-13-10-7-15-2-1-9(10)4-12/h3,5-6,9-10H,1-2,7,11H2. The van der Waals surface area contributed by atoms with E-state index in [2.05, 4.69) is 11.1 Å². The van der Waals surface area contributed by atoms with Crippen LogP contribution in [0.5, 0.6) is 0 Å². The molecule has 1 aliphatic rings. The predicted molar refractivity (Wildman–Crippen MR) is 55.2 cm³/mol. The van der Waals surface area contributed by atoms with Gasteiger partial charge >= 0.3 is 0 Å². The Morgan fingerprint density at radius 2 is 2.47 bits per heavy atom. The van der Waals surface area contributed by atoms with Crippen molar-refractivity contribution in [1.29, 1.82) is 5.26 Å². The molecule has 1 fully saturated rings. The predicted octanol–water partition coefficient (Wildman–Crippen LogP) is 0.0274. The highest BCUT2D eigenvalue weighted by atomic mass is 16.5. The van der Waals surface area contributed by atoms with Gasteiger partial charge in [-0.1, -0.05) is 0 Å². The maximum absolute atomic E-state index is 10.4. The number of rotatable bonds is 3. The quantitative estimate of drug-likeness (QED) is 0.401. The summed E-state index contributed by atoms with van der Waals surface area (Å²) in [7, 11) is 0. The molecule has 15 heavy (non-hydrogen) atoms. The molecule has 2 unspecified atom stereocenters. The van der Waals surface area contributed by atoms with Gasteiger partial charge in [-0.05, 0) is 6.42 Å². The molecule has 5 heteroatoms. The summed E-state index contributed by atoms with van der Waals surface area (Å²) in [5, 5.41) is 8.85. The number of nitrogens with zero attached hydrogens (tertiary/aromatic N) is 2. The minimum Gasteiger partial charge on any atom is -0.404 e. The number of hydrogen-bond donors (Lipinski definition) is 1. The van der Waals surface area contributed by atoms with Gasteiger partial charge in [0.2, 0.25) is 0 Å². The van der Waals surface area contributed by atoms with Crippen LogP contribution in [0.1, 0.15) is 6.42 Å². The summed E-state index contributed by atoms with van der Waals surface area (Å²) in [5.74, 6) is -0.138. The first kappa shape index (κ1) is 11.4. The highest BCUT2D eigenvalue weighted by molar-refractivity contribution is 6.01. The van der Waals surface area contributed by atoms with E-state index in [4.69, 9.17) is 15.7 Å². The number of aldehydes is 1. The molecule has 1 aliphatic heterocycles. The van der Waals surface area contributed by atoms with Crippen LogP contribution >= 0.6 is 0 Å². The highest BCUT2D eigenvalue weighted by Gasteiger charge is 2.24. The number of carbonyl (C=O) groups excluding carboxylic acids is 1. The lowest BCUT2D eigenvalue weighted by Gasteiger charge is -2.23. The summed E-state index contributed by atoms with van der Waals surface area (Å²) in [5.41, 5.74) is 5.49. The van der Waals surface area contributed by atoms with Crippen LogP contribution in [0.15, 0.2) is 16.8 Å². The van der Waals surface area contributed by atoms with E-state index in [1.54, 1.807) is 0 Å². The van der Waals surface area contributed by atoms with Gasteiger partial charge in [-0.2, -0.15) is 5.26 Å². The lowest BCUT2D eigenvalue weighted by molar-refractivity contribution is -0.104. The molecule has 1 saturated heterocycles. The molecule has 1 heterocycles. The van der Waals surface area contributed by atoms with Gasteiger partial charge in [0.1, 0.15) is 0 Å². The summed E-state index contributed by atoms with van der Waals surface area (Å²) in [6.45, 7) is 1.02. The molecule has 2 atom stereocenters. The van der Waals surface area contributed by atoms with Crippen molar-refractivity contribution in [3.05, 3.63) is 11.8 Å². The number of aliphatic imine (C=N–C) groups is 1. The van der Waals surface area contributed by atoms with E-state index in [1.165, 1.54) is 12.4 Å². The van der Waals surface area contributed by atoms with E-state index in [1.807, 2.05) is 0 Å². The fraction of sp³-hybridized carbons (Fsp3) is 0.500. The van der Waals surface area contributed by atoms with Gasteiger partial charge in [0, 0.05) is 24.6 Å². The Morgan fingerprint density at radius 1 is 1.67 bits per heavy atom. The van der Waals surface area contributed by atoms with Crippen molar-refractivity contribution in [3.8, 4) is 6.07 Å². The van der Waals surface area contributed by atoms with Crippen molar-refractivity contribution in [1.82, 2.24) is 0 Å². The van der Waals surface area contributed by atoms with E-state index in [9.17, 15) is 4.79 Å². The smallest absolute Gasteiger partial charge is 0.153 e. The zero-order valence-corrected chi connectivity index (χ0v) is 8.30. The zero-order valence-electron chi connectivity index (χ0n) is 8.30. The number of allylic oxidation sites excluding steroid dienone is 1. The van der Waals surface area contributed by atoms with E-state index >= 15 is 0 Å². The Morgan fingerprint density at radius 3 is 3.07 bits per heavy atom. The Balaban J connectivity index is 2.63. The van der Waals surface area contributed by atoms with Gasteiger partial charge in [0.25, 0.3) is 0 Å². The fourth-order valence-electron chi connectivity index (χ4n) is 1.31. The topological polar surface area (TPSA) is 88.5 Å². The molecule has 0 aliphatic carbocycles. The Kier molecular flexibility index (Phi) is 4.51. The fourth-order valence-corrected chi connectivity index (χ4v) is 1.31. The Bertz CT molecular complexity index is 317. The second-order valence-electron chi connectivity index (χ2n) is 3.23. The van der Waals surface area contributed by atoms with Crippen molar-refractivity contribution in [2.75, 3.05) is 13.2 Å². The average molecular weight is 207 g/mol. The van der Waals surface area contributed by atoms with Crippen molar-refractivity contribution in [3.63, 3.8) is 0 Å². The van der Waals surface area contributed by atoms with E-state index in [0.717, 1.165) is 0 Å². The maximum Gasteiger partial charge on any atom is 0.153 e. The third-order valence-corrected chi connectivity index (χ3v) is 2.24.